The SMILES string of the molecule is CCNC(=NCCS(=O)(=O)NCc1ccccc1)N1CC[C@@H](O)C1.I. The highest BCUT2D eigenvalue weighted by molar-refractivity contribution is 14.0. The molecule has 3 N–H and O–H groups in total. The maximum Gasteiger partial charge on any atom is 0.213 e. The van der Waals surface area contributed by atoms with Gasteiger partial charge in [-0.25, -0.2) is 13.1 Å². The molecule has 142 valence electrons. The number of likely N-dealkylation sites (tertiary alicyclic amines) is 1. The standard InChI is InChI=1S/C16H26N4O3S.HI/c1-2-17-16(20-10-8-15(21)13-20)18-9-11-24(22,23)19-12-14-6-4-3-5-7-14;/h3-7,15,19,21H,2,8-13H2,1H3,(H,17,18);1H/t15-;/m1./s1. The van der Waals surface area contributed by atoms with E-state index < -0.39 is 10.0 Å². The van der Waals surface area contributed by atoms with Gasteiger partial charge in [-0.3, -0.25) is 4.99 Å². The number of hydrogen-bond acceptors (Lipinski definition) is 4. The fourth-order valence-electron chi connectivity index (χ4n) is 2.49. The van der Waals surface area contributed by atoms with Crippen molar-refractivity contribution in [1.29, 1.82) is 0 Å². The second-order valence-electron chi connectivity index (χ2n) is 5.75. The first-order chi connectivity index (χ1) is 11.5. The van der Waals surface area contributed by atoms with E-state index in [0.29, 0.717) is 25.5 Å². The number of rotatable bonds is 7. The van der Waals surface area contributed by atoms with Crippen molar-refractivity contribution in [3.63, 3.8) is 0 Å². The lowest BCUT2D eigenvalue weighted by Gasteiger charge is -2.20. The number of halogens is 1. The molecule has 1 aromatic carbocycles. The minimum atomic E-state index is -3.38. The molecule has 0 amide bonds. The fraction of sp³-hybridized carbons (Fsp3) is 0.562. The Morgan fingerprint density at radius 3 is 2.68 bits per heavy atom. The number of nitrogens with one attached hydrogen (secondary N) is 2. The molecular weight excluding hydrogens is 455 g/mol. The molecule has 1 atom stereocenters. The third kappa shape index (κ3) is 7.89. The smallest absolute Gasteiger partial charge is 0.213 e. The molecule has 1 fully saturated rings. The first-order valence-electron chi connectivity index (χ1n) is 8.23. The van der Waals surface area contributed by atoms with Crippen LogP contribution in [0.1, 0.15) is 18.9 Å². The topological polar surface area (TPSA) is 94.0 Å². The zero-order valence-corrected chi connectivity index (χ0v) is 17.5. The summed E-state index contributed by atoms with van der Waals surface area (Å²) >= 11 is 0. The summed E-state index contributed by atoms with van der Waals surface area (Å²) in [6.07, 6.45) is 0.367. The Labute approximate surface area is 167 Å². The predicted molar refractivity (Wildman–Crippen MR) is 111 cm³/mol. The van der Waals surface area contributed by atoms with Crippen LogP contribution in [0, 0.1) is 0 Å². The average molecular weight is 482 g/mol. The highest BCUT2D eigenvalue weighted by Gasteiger charge is 2.22. The van der Waals surface area contributed by atoms with Crippen molar-refractivity contribution >= 4 is 40.0 Å². The minimum Gasteiger partial charge on any atom is -0.391 e. The predicted octanol–water partition coefficient (Wildman–Crippen LogP) is 0.756. The summed E-state index contributed by atoms with van der Waals surface area (Å²) in [6, 6.07) is 9.40. The van der Waals surface area contributed by atoms with Crippen molar-refractivity contribution in [3.05, 3.63) is 35.9 Å². The highest BCUT2D eigenvalue weighted by Crippen LogP contribution is 2.08. The lowest BCUT2D eigenvalue weighted by atomic mass is 10.2. The summed E-state index contributed by atoms with van der Waals surface area (Å²) in [5.74, 6) is 0.595. The van der Waals surface area contributed by atoms with Crippen LogP contribution in [-0.4, -0.2) is 62.4 Å². The molecule has 0 unspecified atom stereocenters. The fourth-order valence-corrected chi connectivity index (χ4v) is 3.36. The van der Waals surface area contributed by atoms with Crippen molar-refractivity contribution in [1.82, 2.24) is 14.9 Å². The van der Waals surface area contributed by atoms with E-state index in [1.54, 1.807) is 0 Å². The summed E-state index contributed by atoms with van der Waals surface area (Å²) in [5, 5.41) is 12.8. The van der Waals surface area contributed by atoms with Crippen LogP contribution in [-0.2, 0) is 16.6 Å². The summed E-state index contributed by atoms with van der Waals surface area (Å²) in [7, 11) is -3.38. The monoisotopic (exact) mass is 482 g/mol. The van der Waals surface area contributed by atoms with Crippen LogP contribution in [0.25, 0.3) is 0 Å². The Kier molecular flexibility index (Phi) is 9.69. The van der Waals surface area contributed by atoms with Gasteiger partial charge < -0.3 is 15.3 Å². The molecule has 1 aliphatic heterocycles. The molecule has 0 aliphatic carbocycles. The van der Waals surface area contributed by atoms with Gasteiger partial charge in [-0.2, -0.15) is 0 Å². The number of sulfonamides is 1. The summed E-state index contributed by atoms with van der Waals surface area (Å²) in [4.78, 5) is 6.33. The quantitative estimate of drug-likeness (QED) is 0.303. The normalized spacial score (nSPS) is 18.1. The molecular formula is C16H27IN4O3S. The summed E-state index contributed by atoms with van der Waals surface area (Å²) in [5.41, 5.74) is 0.920. The lowest BCUT2D eigenvalue weighted by Crippen LogP contribution is -2.41. The Morgan fingerprint density at radius 1 is 1.36 bits per heavy atom. The van der Waals surface area contributed by atoms with Gasteiger partial charge in [0.2, 0.25) is 10.0 Å². The van der Waals surface area contributed by atoms with Gasteiger partial charge in [0, 0.05) is 26.2 Å². The van der Waals surface area contributed by atoms with Crippen molar-refractivity contribution < 1.29 is 13.5 Å². The van der Waals surface area contributed by atoms with Gasteiger partial charge in [-0.05, 0) is 18.9 Å². The first-order valence-corrected chi connectivity index (χ1v) is 9.88. The van der Waals surface area contributed by atoms with E-state index >= 15 is 0 Å². The molecule has 0 spiro atoms. The molecule has 0 aromatic heterocycles. The number of guanidine groups is 1. The first kappa shape index (κ1) is 22.1. The van der Waals surface area contributed by atoms with E-state index in [9.17, 15) is 13.5 Å². The van der Waals surface area contributed by atoms with Gasteiger partial charge in [0.25, 0.3) is 0 Å². The number of nitrogens with zero attached hydrogens (tertiary/aromatic N) is 2. The Balaban J connectivity index is 0.00000312. The van der Waals surface area contributed by atoms with E-state index in [4.69, 9.17) is 0 Å². The number of benzene rings is 1. The minimum absolute atomic E-state index is 0. The molecule has 9 heteroatoms. The molecule has 1 aliphatic rings. The lowest BCUT2D eigenvalue weighted by molar-refractivity contribution is 0.188. The van der Waals surface area contributed by atoms with Crippen LogP contribution in [0.15, 0.2) is 35.3 Å². The van der Waals surface area contributed by atoms with Crippen molar-refractivity contribution in [2.75, 3.05) is 31.9 Å². The molecule has 1 aromatic rings. The molecule has 25 heavy (non-hydrogen) atoms. The van der Waals surface area contributed by atoms with Crippen LogP contribution in [0.2, 0.25) is 0 Å². The van der Waals surface area contributed by atoms with E-state index in [1.807, 2.05) is 42.2 Å². The Morgan fingerprint density at radius 2 is 2.08 bits per heavy atom. The summed E-state index contributed by atoms with van der Waals surface area (Å²) in [6.45, 7) is 4.38. The largest absolute Gasteiger partial charge is 0.391 e. The number of aliphatic imine (C=N–C) groups is 1. The van der Waals surface area contributed by atoms with Gasteiger partial charge in [0.1, 0.15) is 0 Å². The molecule has 2 rings (SSSR count). The second kappa shape index (κ2) is 10.9. The van der Waals surface area contributed by atoms with Crippen LogP contribution in [0.4, 0.5) is 0 Å². The van der Waals surface area contributed by atoms with Gasteiger partial charge in [0.05, 0.1) is 18.4 Å². The maximum absolute atomic E-state index is 12.1. The number of hydrogen-bond donors (Lipinski definition) is 3. The third-order valence-electron chi connectivity index (χ3n) is 3.76. The van der Waals surface area contributed by atoms with Crippen molar-refractivity contribution in [3.8, 4) is 0 Å². The van der Waals surface area contributed by atoms with Gasteiger partial charge in [0.15, 0.2) is 5.96 Å². The molecule has 0 saturated carbocycles. The highest BCUT2D eigenvalue weighted by atomic mass is 127. The molecule has 0 bridgehead atoms. The Bertz CT molecular complexity index is 640. The number of β-amino-alcohol motifs (C(OH)–C–C–N with tert-alkyl or cyclic N) is 1. The van der Waals surface area contributed by atoms with Gasteiger partial charge in [-0.1, -0.05) is 30.3 Å². The second-order valence-corrected chi connectivity index (χ2v) is 7.68. The number of aliphatic hydroxyl groups is 1. The maximum atomic E-state index is 12.1. The van der Waals surface area contributed by atoms with Crippen LogP contribution >= 0.6 is 24.0 Å². The zero-order chi connectivity index (χ0) is 17.4. The zero-order valence-electron chi connectivity index (χ0n) is 14.4. The molecule has 1 saturated heterocycles. The van der Waals surface area contributed by atoms with Gasteiger partial charge in [-0.15, -0.1) is 24.0 Å². The van der Waals surface area contributed by atoms with Crippen LogP contribution in [0.5, 0.6) is 0 Å². The molecule has 1 heterocycles. The van der Waals surface area contributed by atoms with E-state index in [-0.39, 0.29) is 48.9 Å². The number of aliphatic hydroxyl groups excluding tert-OH is 1. The average Bonchev–Trinajstić information content (AvgIpc) is 3.00. The van der Waals surface area contributed by atoms with Crippen LogP contribution < -0.4 is 10.0 Å². The van der Waals surface area contributed by atoms with E-state index in [1.165, 1.54) is 0 Å². The van der Waals surface area contributed by atoms with Crippen molar-refractivity contribution in [2.24, 2.45) is 4.99 Å². The van der Waals surface area contributed by atoms with Crippen molar-refractivity contribution in [2.45, 2.75) is 26.0 Å². The van der Waals surface area contributed by atoms with E-state index in [2.05, 4.69) is 15.0 Å². The van der Waals surface area contributed by atoms with Gasteiger partial charge >= 0.3 is 0 Å². The van der Waals surface area contributed by atoms with E-state index in [0.717, 1.165) is 12.1 Å². The Hall–Kier alpha value is -0.910. The molecule has 7 nitrogen and oxygen atoms in total. The van der Waals surface area contributed by atoms with Crippen LogP contribution in [0.3, 0.4) is 0 Å². The third-order valence-corrected chi connectivity index (χ3v) is 5.06. The molecule has 0 radical (unpaired) electrons. The summed E-state index contributed by atoms with van der Waals surface area (Å²) < 4.78 is 26.7.